The van der Waals surface area contributed by atoms with Gasteiger partial charge in [0.2, 0.25) is 6.79 Å². The van der Waals surface area contributed by atoms with E-state index in [-0.39, 0.29) is 23.4 Å². The molecule has 3 rings (SSSR count). The second-order valence-electron chi connectivity index (χ2n) is 4.17. The average Bonchev–Trinajstić information content (AvgIpc) is 2.98. The fourth-order valence-electron chi connectivity index (χ4n) is 2.33. The van der Waals surface area contributed by atoms with Gasteiger partial charge in [0.05, 0.1) is 16.6 Å². The molecule has 1 saturated heterocycles. The Bertz CT molecular complexity index is 469. The molecule has 0 bridgehead atoms. The monoisotopic (exact) mass is 236 g/mol. The van der Waals surface area contributed by atoms with Gasteiger partial charge in [-0.3, -0.25) is 10.1 Å². The highest BCUT2D eigenvalue weighted by atomic mass is 16.7. The first-order valence-electron chi connectivity index (χ1n) is 5.57. The number of benzene rings is 1. The molecule has 2 aliphatic heterocycles. The standard InChI is InChI=1S/C11H12N2O4/c14-13(15)9-5-11-10(16-6-17-11)4-7(9)8-2-1-3-12-8/h4-5,8,12H,1-3,6H2/t8-/m0/s1. The molecule has 0 amide bonds. The van der Waals surface area contributed by atoms with Crippen LogP contribution in [0.15, 0.2) is 12.1 Å². The van der Waals surface area contributed by atoms with E-state index in [9.17, 15) is 10.1 Å². The molecule has 0 aromatic heterocycles. The Kier molecular flexibility index (Phi) is 2.36. The van der Waals surface area contributed by atoms with Gasteiger partial charge in [0, 0.05) is 6.04 Å². The minimum Gasteiger partial charge on any atom is -0.454 e. The van der Waals surface area contributed by atoms with Gasteiger partial charge < -0.3 is 14.8 Å². The Hall–Kier alpha value is -1.82. The van der Waals surface area contributed by atoms with Crippen LogP contribution in [0.4, 0.5) is 5.69 Å². The normalized spacial score (nSPS) is 21.8. The molecular formula is C11H12N2O4. The third-order valence-electron chi connectivity index (χ3n) is 3.15. The van der Waals surface area contributed by atoms with Crippen LogP contribution < -0.4 is 14.8 Å². The van der Waals surface area contributed by atoms with Crippen molar-refractivity contribution in [1.29, 1.82) is 0 Å². The second kappa shape index (κ2) is 3.89. The molecule has 1 atom stereocenters. The summed E-state index contributed by atoms with van der Waals surface area (Å²) in [4.78, 5) is 10.7. The SMILES string of the molecule is O=[N+]([O-])c1cc2c(cc1[C@@H]1CCCN1)OCO2. The van der Waals surface area contributed by atoms with Gasteiger partial charge in [-0.05, 0) is 25.5 Å². The van der Waals surface area contributed by atoms with E-state index in [2.05, 4.69) is 5.32 Å². The summed E-state index contributed by atoms with van der Waals surface area (Å²) >= 11 is 0. The predicted molar refractivity (Wildman–Crippen MR) is 59.2 cm³/mol. The predicted octanol–water partition coefficient (Wildman–Crippen LogP) is 1.75. The van der Waals surface area contributed by atoms with E-state index in [0.717, 1.165) is 19.4 Å². The van der Waals surface area contributed by atoms with Crippen molar-refractivity contribution < 1.29 is 14.4 Å². The van der Waals surface area contributed by atoms with Crippen molar-refractivity contribution in [2.45, 2.75) is 18.9 Å². The molecule has 0 radical (unpaired) electrons. The molecule has 17 heavy (non-hydrogen) atoms. The number of ether oxygens (including phenoxy) is 2. The zero-order chi connectivity index (χ0) is 11.8. The number of nitro groups is 1. The molecule has 2 heterocycles. The van der Waals surface area contributed by atoms with Crippen LogP contribution in [0.2, 0.25) is 0 Å². The van der Waals surface area contributed by atoms with E-state index in [1.165, 1.54) is 6.07 Å². The average molecular weight is 236 g/mol. The highest BCUT2D eigenvalue weighted by molar-refractivity contribution is 5.56. The number of fused-ring (bicyclic) bond motifs is 1. The zero-order valence-electron chi connectivity index (χ0n) is 9.14. The summed E-state index contributed by atoms with van der Waals surface area (Å²) in [5.74, 6) is 1.05. The lowest BCUT2D eigenvalue weighted by Crippen LogP contribution is -2.14. The lowest BCUT2D eigenvalue weighted by Gasteiger charge is -2.11. The summed E-state index contributed by atoms with van der Waals surface area (Å²) < 4.78 is 10.4. The van der Waals surface area contributed by atoms with Crippen LogP contribution in [-0.2, 0) is 0 Å². The molecule has 0 spiro atoms. The van der Waals surface area contributed by atoms with Crippen molar-refractivity contribution in [2.75, 3.05) is 13.3 Å². The maximum Gasteiger partial charge on any atom is 0.278 e. The van der Waals surface area contributed by atoms with Crippen LogP contribution in [0.25, 0.3) is 0 Å². The fourth-order valence-corrected chi connectivity index (χ4v) is 2.33. The largest absolute Gasteiger partial charge is 0.454 e. The van der Waals surface area contributed by atoms with Gasteiger partial charge in [-0.2, -0.15) is 0 Å². The molecule has 1 fully saturated rings. The van der Waals surface area contributed by atoms with Crippen molar-refractivity contribution in [3.8, 4) is 11.5 Å². The Labute approximate surface area is 97.7 Å². The van der Waals surface area contributed by atoms with Crippen molar-refractivity contribution in [1.82, 2.24) is 5.32 Å². The smallest absolute Gasteiger partial charge is 0.278 e. The van der Waals surface area contributed by atoms with Crippen molar-refractivity contribution in [2.24, 2.45) is 0 Å². The molecular weight excluding hydrogens is 224 g/mol. The van der Waals surface area contributed by atoms with Gasteiger partial charge in [-0.15, -0.1) is 0 Å². The van der Waals surface area contributed by atoms with Crippen LogP contribution in [0.3, 0.4) is 0 Å². The molecule has 1 aromatic rings. The molecule has 2 aliphatic rings. The minimum absolute atomic E-state index is 0.0462. The minimum atomic E-state index is -0.364. The Morgan fingerprint density at radius 2 is 2.12 bits per heavy atom. The third-order valence-corrected chi connectivity index (χ3v) is 3.15. The lowest BCUT2D eigenvalue weighted by molar-refractivity contribution is -0.385. The summed E-state index contributed by atoms with van der Waals surface area (Å²) in [6.07, 6.45) is 1.96. The summed E-state index contributed by atoms with van der Waals surface area (Å²) in [5.41, 5.74) is 0.797. The number of hydrogen-bond acceptors (Lipinski definition) is 5. The first kappa shape index (κ1) is 10.3. The van der Waals surface area contributed by atoms with E-state index in [4.69, 9.17) is 9.47 Å². The van der Waals surface area contributed by atoms with E-state index < -0.39 is 0 Å². The number of nitrogens with zero attached hydrogens (tertiary/aromatic N) is 1. The molecule has 1 N–H and O–H groups in total. The third kappa shape index (κ3) is 1.70. The molecule has 6 nitrogen and oxygen atoms in total. The number of rotatable bonds is 2. The van der Waals surface area contributed by atoms with Gasteiger partial charge >= 0.3 is 0 Å². The first-order valence-corrected chi connectivity index (χ1v) is 5.57. The molecule has 0 unspecified atom stereocenters. The summed E-state index contributed by atoms with van der Waals surface area (Å²) in [6.45, 7) is 1.03. The zero-order valence-corrected chi connectivity index (χ0v) is 9.14. The fraction of sp³-hybridized carbons (Fsp3) is 0.455. The van der Waals surface area contributed by atoms with E-state index in [0.29, 0.717) is 17.1 Å². The van der Waals surface area contributed by atoms with Crippen LogP contribution >= 0.6 is 0 Å². The lowest BCUT2D eigenvalue weighted by atomic mass is 10.0. The first-order chi connectivity index (χ1) is 8.25. The molecule has 0 aliphatic carbocycles. The number of nitro benzene ring substituents is 1. The number of nitrogens with one attached hydrogen (secondary N) is 1. The van der Waals surface area contributed by atoms with Gasteiger partial charge in [-0.1, -0.05) is 0 Å². The highest BCUT2D eigenvalue weighted by Gasteiger charge is 2.29. The van der Waals surface area contributed by atoms with Crippen LogP contribution in [0.1, 0.15) is 24.4 Å². The second-order valence-corrected chi connectivity index (χ2v) is 4.17. The van der Waals surface area contributed by atoms with E-state index in [1.807, 2.05) is 0 Å². The topological polar surface area (TPSA) is 73.6 Å². The Morgan fingerprint density at radius 1 is 1.35 bits per heavy atom. The quantitative estimate of drug-likeness (QED) is 0.625. The van der Waals surface area contributed by atoms with Crippen LogP contribution in [-0.4, -0.2) is 18.3 Å². The highest BCUT2D eigenvalue weighted by Crippen LogP contribution is 2.41. The summed E-state index contributed by atoms with van der Waals surface area (Å²) in [7, 11) is 0. The number of hydrogen-bond donors (Lipinski definition) is 1. The molecule has 90 valence electrons. The van der Waals surface area contributed by atoms with E-state index in [1.54, 1.807) is 6.07 Å². The molecule has 0 saturated carbocycles. The molecule has 6 heteroatoms. The Morgan fingerprint density at radius 3 is 2.76 bits per heavy atom. The van der Waals surface area contributed by atoms with Crippen molar-refractivity contribution in [3.05, 3.63) is 27.8 Å². The maximum atomic E-state index is 11.1. The summed E-state index contributed by atoms with van der Waals surface area (Å²) in [6, 6.07) is 3.23. The van der Waals surface area contributed by atoms with Gasteiger partial charge in [-0.25, -0.2) is 0 Å². The van der Waals surface area contributed by atoms with Crippen LogP contribution in [0.5, 0.6) is 11.5 Å². The van der Waals surface area contributed by atoms with E-state index >= 15 is 0 Å². The summed E-state index contributed by atoms with van der Waals surface area (Å²) in [5, 5.41) is 14.3. The van der Waals surface area contributed by atoms with Gasteiger partial charge in [0.15, 0.2) is 11.5 Å². The van der Waals surface area contributed by atoms with Gasteiger partial charge in [0.25, 0.3) is 5.69 Å². The molecule has 1 aromatic carbocycles. The maximum absolute atomic E-state index is 11.1. The van der Waals surface area contributed by atoms with Gasteiger partial charge in [0.1, 0.15) is 0 Å². The van der Waals surface area contributed by atoms with Crippen LogP contribution in [0, 0.1) is 10.1 Å². The van der Waals surface area contributed by atoms with Crippen molar-refractivity contribution >= 4 is 5.69 Å². The van der Waals surface area contributed by atoms with Crippen molar-refractivity contribution in [3.63, 3.8) is 0 Å². The Balaban J connectivity index is 2.07.